The first-order valence-electron chi connectivity index (χ1n) is 2.73. The summed E-state index contributed by atoms with van der Waals surface area (Å²) < 4.78 is 19.3. The van der Waals surface area contributed by atoms with Gasteiger partial charge in [0.25, 0.3) is 0 Å². The van der Waals surface area contributed by atoms with E-state index in [1.807, 2.05) is 0 Å². The van der Waals surface area contributed by atoms with Gasteiger partial charge < -0.3 is 18.9 Å². The molecule has 0 N–H and O–H groups in total. The van der Waals surface area contributed by atoms with Crippen LogP contribution in [0.25, 0.3) is 0 Å². The van der Waals surface area contributed by atoms with Crippen LogP contribution in [0.5, 0.6) is 0 Å². The lowest BCUT2D eigenvalue weighted by Crippen LogP contribution is -2.22. The summed E-state index contributed by atoms with van der Waals surface area (Å²) >= 11 is 9.11. The molecule has 0 bridgehead atoms. The van der Waals surface area contributed by atoms with E-state index in [1.165, 1.54) is 0 Å². The Morgan fingerprint density at radius 1 is 1.00 bits per heavy atom. The minimum absolute atomic E-state index is 0.0810. The molecule has 11 heavy (non-hydrogen) atoms. The third kappa shape index (κ3) is 1.14. The average molecular weight is 190 g/mol. The van der Waals surface area contributed by atoms with Crippen LogP contribution in [0, 0.1) is 0 Å². The molecule has 2 fully saturated rings. The zero-order valence-corrected chi connectivity index (χ0v) is 6.79. The van der Waals surface area contributed by atoms with Crippen molar-refractivity contribution in [2.45, 2.75) is 0 Å². The Labute approximate surface area is 72.7 Å². The molecule has 2 rings (SSSR count). The van der Waals surface area contributed by atoms with Crippen molar-refractivity contribution >= 4 is 34.9 Å². The summed E-state index contributed by atoms with van der Waals surface area (Å²) in [6.07, 6.45) is 0. The van der Waals surface area contributed by atoms with Crippen molar-refractivity contribution in [3.8, 4) is 0 Å². The monoisotopic (exact) mass is 190 g/mol. The molecule has 2 heterocycles. The normalized spacial score (nSPS) is 21.5. The first-order chi connectivity index (χ1) is 5.25. The highest BCUT2D eigenvalue weighted by molar-refractivity contribution is 7.80. The summed E-state index contributed by atoms with van der Waals surface area (Å²) in [6, 6.07) is 0. The number of thiocarbonyl (C=S) groups is 2. The fraction of sp³-hybridized carbons (Fsp3) is 0.200. The molecular weight excluding hydrogens is 188 g/mol. The second kappa shape index (κ2) is 2.31. The lowest BCUT2D eigenvalue weighted by atomic mass is 10.5. The molecular formula is C5H2O4S2. The Morgan fingerprint density at radius 3 is 2.18 bits per heavy atom. The minimum Gasteiger partial charge on any atom is -0.448 e. The molecule has 0 aromatic carbocycles. The van der Waals surface area contributed by atoms with E-state index < -0.39 is 0 Å². The van der Waals surface area contributed by atoms with E-state index in [1.54, 1.807) is 0 Å². The smallest absolute Gasteiger partial charge is 0.368 e. The fourth-order valence-corrected chi connectivity index (χ4v) is 0.968. The van der Waals surface area contributed by atoms with Crippen LogP contribution in [0.2, 0.25) is 0 Å². The Hall–Kier alpha value is -0.880. The standard InChI is InChI=1S/C5H2O4S2/c10-4-6-1-2(7-4)3-8-5(11)9-3/h1H2. The van der Waals surface area contributed by atoms with Crippen LogP contribution in [0.1, 0.15) is 0 Å². The van der Waals surface area contributed by atoms with E-state index >= 15 is 0 Å². The maximum absolute atomic E-state index is 4.89. The van der Waals surface area contributed by atoms with E-state index in [9.17, 15) is 0 Å². The third-order valence-corrected chi connectivity index (χ3v) is 1.48. The molecule has 6 heteroatoms. The van der Waals surface area contributed by atoms with E-state index in [4.69, 9.17) is 18.9 Å². The Morgan fingerprint density at radius 2 is 1.73 bits per heavy atom. The Bertz CT molecular complexity index is 260. The lowest BCUT2D eigenvalue weighted by Gasteiger charge is -2.18. The van der Waals surface area contributed by atoms with Crippen molar-refractivity contribution < 1.29 is 18.9 Å². The van der Waals surface area contributed by atoms with Gasteiger partial charge >= 0.3 is 16.4 Å². The van der Waals surface area contributed by atoms with E-state index in [2.05, 4.69) is 24.4 Å². The average Bonchev–Trinajstić information content (AvgIpc) is 2.29. The Kier molecular flexibility index (Phi) is 1.43. The van der Waals surface area contributed by atoms with Gasteiger partial charge in [-0.2, -0.15) is 0 Å². The summed E-state index contributed by atoms with van der Waals surface area (Å²) in [6.45, 7) is 0.247. The molecule has 0 spiro atoms. The van der Waals surface area contributed by atoms with Crippen LogP contribution in [-0.4, -0.2) is 17.1 Å². The lowest BCUT2D eigenvalue weighted by molar-refractivity contribution is 0.0508. The van der Waals surface area contributed by atoms with Crippen molar-refractivity contribution in [1.82, 2.24) is 0 Å². The summed E-state index contributed by atoms with van der Waals surface area (Å²) in [4.78, 5) is 0. The maximum Gasteiger partial charge on any atom is 0.368 e. The van der Waals surface area contributed by atoms with E-state index in [0.29, 0.717) is 5.76 Å². The van der Waals surface area contributed by atoms with Gasteiger partial charge in [-0.05, 0) is 0 Å². The number of rotatable bonds is 0. The van der Waals surface area contributed by atoms with E-state index in [0.717, 1.165) is 0 Å². The molecule has 2 aliphatic heterocycles. The molecule has 0 aromatic rings. The zero-order chi connectivity index (χ0) is 7.84. The predicted octanol–water partition coefficient (Wildman–Crippen LogP) is 0.819. The summed E-state index contributed by atoms with van der Waals surface area (Å²) in [7, 11) is 0. The largest absolute Gasteiger partial charge is 0.448 e. The zero-order valence-electron chi connectivity index (χ0n) is 5.16. The van der Waals surface area contributed by atoms with E-state index in [-0.39, 0.29) is 23.0 Å². The Balaban J connectivity index is 2.11. The molecule has 0 atom stereocenters. The van der Waals surface area contributed by atoms with Gasteiger partial charge in [-0.3, -0.25) is 0 Å². The number of hydrogen-bond acceptors (Lipinski definition) is 6. The molecule has 0 saturated carbocycles. The molecule has 0 aliphatic carbocycles. The molecule has 0 amide bonds. The number of hydrogen-bond donors (Lipinski definition) is 0. The third-order valence-electron chi connectivity index (χ3n) is 1.11. The number of ether oxygens (including phenoxy) is 4. The van der Waals surface area contributed by atoms with Crippen LogP contribution in [-0.2, 0) is 18.9 Å². The highest BCUT2D eigenvalue weighted by Gasteiger charge is 2.31. The molecule has 2 saturated heterocycles. The van der Waals surface area contributed by atoms with Gasteiger partial charge in [0.1, 0.15) is 0 Å². The van der Waals surface area contributed by atoms with Gasteiger partial charge in [0.05, 0.1) is 0 Å². The first kappa shape index (κ1) is 6.81. The predicted molar refractivity (Wildman–Crippen MR) is 41.4 cm³/mol. The molecule has 0 unspecified atom stereocenters. The topological polar surface area (TPSA) is 36.9 Å². The van der Waals surface area contributed by atoms with Gasteiger partial charge in [0.2, 0.25) is 5.76 Å². The highest BCUT2D eigenvalue weighted by Crippen LogP contribution is 2.24. The molecule has 2 aliphatic rings. The fourth-order valence-electron chi connectivity index (χ4n) is 0.657. The van der Waals surface area contributed by atoms with Crippen LogP contribution in [0.4, 0.5) is 0 Å². The molecule has 0 radical (unpaired) electrons. The second-order valence-corrected chi connectivity index (χ2v) is 2.47. The summed E-state index contributed by atoms with van der Waals surface area (Å²) in [5.74, 6) is 0.679. The van der Waals surface area contributed by atoms with Gasteiger partial charge in [-0.25, -0.2) is 0 Å². The maximum atomic E-state index is 4.89. The van der Waals surface area contributed by atoms with Crippen molar-refractivity contribution in [3.05, 3.63) is 11.7 Å². The highest BCUT2D eigenvalue weighted by atomic mass is 32.1. The first-order valence-corrected chi connectivity index (χ1v) is 3.55. The SMILES string of the molecule is S=C1OCC(=C2OC(=S)O2)O1. The summed E-state index contributed by atoms with van der Waals surface area (Å²) in [5, 5.41) is 0.173. The van der Waals surface area contributed by atoms with Gasteiger partial charge in [0, 0.05) is 24.4 Å². The second-order valence-electron chi connectivity index (χ2n) is 1.81. The van der Waals surface area contributed by atoms with Crippen molar-refractivity contribution in [1.29, 1.82) is 0 Å². The van der Waals surface area contributed by atoms with Crippen molar-refractivity contribution in [2.75, 3.05) is 6.61 Å². The minimum atomic E-state index is 0.0810. The van der Waals surface area contributed by atoms with Crippen LogP contribution in [0.3, 0.4) is 0 Å². The van der Waals surface area contributed by atoms with Gasteiger partial charge in [-0.15, -0.1) is 0 Å². The van der Waals surface area contributed by atoms with Crippen LogP contribution < -0.4 is 0 Å². The van der Waals surface area contributed by atoms with Crippen LogP contribution in [0.15, 0.2) is 11.7 Å². The quantitative estimate of drug-likeness (QED) is 0.526. The van der Waals surface area contributed by atoms with Gasteiger partial charge in [-0.1, -0.05) is 0 Å². The van der Waals surface area contributed by atoms with Crippen molar-refractivity contribution in [3.63, 3.8) is 0 Å². The molecule has 4 nitrogen and oxygen atoms in total. The summed E-state index contributed by atoms with van der Waals surface area (Å²) in [5.41, 5.74) is 0. The van der Waals surface area contributed by atoms with Gasteiger partial charge in [0.15, 0.2) is 6.61 Å². The van der Waals surface area contributed by atoms with Crippen LogP contribution >= 0.6 is 24.4 Å². The molecule has 0 aromatic heterocycles. The molecule has 58 valence electrons. The van der Waals surface area contributed by atoms with Crippen molar-refractivity contribution in [2.24, 2.45) is 0 Å².